The van der Waals surface area contributed by atoms with Crippen LogP contribution in [0.4, 0.5) is 20.3 Å². The first-order valence-electron chi connectivity index (χ1n) is 13.1. The molecule has 0 radical (unpaired) electrons. The van der Waals surface area contributed by atoms with E-state index in [9.17, 15) is 13.6 Å². The standard InChI is InChI=1S/C26H33F2N7O2/c1-26(2,3)15-4-6-16(7-5-15)35-14-20(22(32-35)23(27)28)30-25(36)19-11-29-34-9-8-21(31-24(19)34)33-12-17-10-18(13-33)37-17/h8-9,11,14-18,23H,4-7,10,12-13H2,1-3H3,(H,30,36)/t15-,16-,17?,18?. The van der Waals surface area contributed by atoms with Gasteiger partial charge in [0.15, 0.2) is 11.3 Å². The van der Waals surface area contributed by atoms with Crippen LogP contribution in [0.3, 0.4) is 0 Å². The summed E-state index contributed by atoms with van der Waals surface area (Å²) < 4.78 is 36.6. The highest BCUT2D eigenvalue weighted by Crippen LogP contribution is 2.42. The molecule has 3 aliphatic heterocycles. The third kappa shape index (κ3) is 4.58. The number of alkyl halides is 2. The van der Waals surface area contributed by atoms with E-state index in [1.54, 1.807) is 17.1 Å². The molecule has 3 aromatic rings. The van der Waals surface area contributed by atoms with Crippen LogP contribution in [0.5, 0.6) is 0 Å². The molecule has 7 rings (SSSR count). The molecule has 37 heavy (non-hydrogen) atoms. The lowest BCUT2D eigenvalue weighted by atomic mass is 9.71. The molecule has 0 spiro atoms. The molecule has 0 aromatic carbocycles. The van der Waals surface area contributed by atoms with Crippen molar-refractivity contribution in [3.63, 3.8) is 0 Å². The quantitative estimate of drug-likeness (QED) is 0.524. The molecule has 1 saturated carbocycles. The Morgan fingerprint density at radius 3 is 2.51 bits per heavy atom. The molecule has 1 aliphatic carbocycles. The van der Waals surface area contributed by atoms with Crippen LogP contribution in [-0.4, -0.2) is 55.6 Å². The van der Waals surface area contributed by atoms with Gasteiger partial charge in [-0.05, 0) is 43.1 Å². The van der Waals surface area contributed by atoms with E-state index in [1.807, 2.05) is 6.07 Å². The minimum Gasteiger partial charge on any atom is -0.371 e. The first-order valence-corrected chi connectivity index (χ1v) is 13.1. The lowest BCUT2D eigenvalue weighted by molar-refractivity contribution is -0.133. The molecule has 11 heteroatoms. The van der Waals surface area contributed by atoms with E-state index in [-0.39, 0.29) is 34.9 Å². The number of nitrogens with zero attached hydrogens (tertiary/aromatic N) is 6. The van der Waals surface area contributed by atoms with Gasteiger partial charge in [-0.15, -0.1) is 0 Å². The second-order valence-corrected chi connectivity index (χ2v) is 11.7. The van der Waals surface area contributed by atoms with E-state index in [2.05, 4.69) is 46.2 Å². The van der Waals surface area contributed by atoms with E-state index in [0.29, 0.717) is 11.6 Å². The highest BCUT2D eigenvalue weighted by molar-refractivity contribution is 6.08. The fourth-order valence-electron chi connectivity index (χ4n) is 5.98. The Bertz CT molecular complexity index is 1290. The Kier molecular flexibility index (Phi) is 5.93. The average Bonchev–Trinajstić information content (AvgIpc) is 3.47. The molecule has 2 bridgehead atoms. The van der Waals surface area contributed by atoms with Crippen LogP contribution in [-0.2, 0) is 4.74 Å². The number of hydrogen-bond donors (Lipinski definition) is 1. The number of hydrogen-bond acceptors (Lipinski definition) is 6. The summed E-state index contributed by atoms with van der Waals surface area (Å²) >= 11 is 0. The van der Waals surface area contributed by atoms with Crippen molar-refractivity contribution < 1.29 is 18.3 Å². The van der Waals surface area contributed by atoms with Crippen molar-refractivity contribution in [2.45, 2.75) is 77.6 Å². The third-order valence-electron chi connectivity index (χ3n) is 8.19. The molecular formula is C26H33F2N7O2. The van der Waals surface area contributed by atoms with Crippen LogP contribution in [0.15, 0.2) is 24.7 Å². The van der Waals surface area contributed by atoms with Gasteiger partial charge < -0.3 is 15.0 Å². The van der Waals surface area contributed by atoms with Gasteiger partial charge in [-0.2, -0.15) is 10.2 Å². The third-order valence-corrected chi connectivity index (χ3v) is 8.19. The minimum atomic E-state index is -2.80. The first kappa shape index (κ1) is 24.3. The molecule has 1 N–H and O–H groups in total. The number of rotatable bonds is 5. The number of halogens is 2. The Morgan fingerprint density at radius 1 is 1.16 bits per heavy atom. The monoisotopic (exact) mass is 513 g/mol. The highest BCUT2D eigenvalue weighted by Gasteiger charge is 2.39. The second kappa shape index (κ2) is 9.04. The zero-order valence-corrected chi connectivity index (χ0v) is 21.4. The maximum absolute atomic E-state index is 13.9. The number of carbonyl (C=O) groups excluding carboxylic acids is 1. The second-order valence-electron chi connectivity index (χ2n) is 11.7. The molecule has 3 saturated heterocycles. The number of amides is 1. The molecule has 2 atom stereocenters. The smallest absolute Gasteiger partial charge is 0.284 e. The van der Waals surface area contributed by atoms with E-state index in [4.69, 9.17) is 4.74 Å². The highest BCUT2D eigenvalue weighted by atomic mass is 19.3. The molecule has 4 fully saturated rings. The zero-order chi connectivity index (χ0) is 25.9. The molecule has 9 nitrogen and oxygen atoms in total. The molecule has 198 valence electrons. The normalized spacial score (nSPS) is 25.9. The largest absolute Gasteiger partial charge is 0.371 e. The Labute approximate surface area is 214 Å². The summed E-state index contributed by atoms with van der Waals surface area (Å²) in [6.07, 6.45) is 7.24. The van der Waals surface area contributed by atoms with Gasteiger partial charge in [0.1, 0.15) is 11.4 Å². The van der Waals surface area contributed by atoms with Crippen LogP contribution in [0.2, 0.25) is 0 Å². The van der Waals surface area contributed by atoms with Crippen molar-refractivity contribution >= 4 is 23.1 Å². The summed E-state index contributed by atoms with van der Waals surface area (Å²) in [5, 5.41) is 11.1. The van der Waals surface area contributed by atoms with Gasteiger partial charge in [-0.3, -0.25) is 9.48 Å². The van der Waals surface area contributed by atoms with Crippen molar-refractivity contribution in [2.75, 3.05) is 23.3 Å². The molecule has 6 heterocycles. The molecule has 2 unspecified atom stereocenters. The lowest BCUT2D eigenvalue weighted by Gasteiger charge is -2.47. The first-order chi connectivity index (χ1) is 17.7. The number of piperidine rings is 1. The Morgan fingerprint density at radius 2 is 1.86 bits per heavy atom. The summed E-state index contributed by atoms with van der Waals surface area (Å²) in [7, 11) is 0. The van der Waals surface area contributed by atoms with Crippen molar-refractivity contribution in [3.8, 4) is 0 Å². The van der Waals surface area contributed by atoms with Gasteiger partial charge in [0.25, 0.3) is 12.3 Å². The van der Waals surface area contributed by atoms with E-state index in [1.165, 1.54) is 10.7 Å². The summed E-state index contributed by atoms with van der Waals surface area (Å²) in [5.41, 5.74) is 0.443. The number of nitrogens with one attached hydrogen (secondary N) is 1. The van der Waals surface area contributed by atoms with Crippen LogP contribution in [0, 0.1) is 11.3 Å². The number of anilines is 2. The van der Waals surface area contributed by atoms with Crippen molar-refractivity contribution in [1.82, 2.24) is 24.4 Å². The summed E-state index contributed by atoms with van der Waals surface area (Å²) in [4.78, 5) is 20.1. The van der Waals surface area contributed by atoms with E-state index in [0.717, 1.165) is 51.0 Å². The zero-order valence-electron chi connectivity index (χ0n) is 21.4. The number of carbonyl (C=O) groups is 1. The number of aromatic nitrogens is 5. The van der Waals surface area contributed by atoms with E-state index < -0.39 is 18.0 Å². The summed E-state index contributed by atoms with van der Waals surface area (Å²) in [6, 6.07) is 1.91. The van der Waals surface area contributed by atoms with Crippen LogP contribution in [0.1, 0.15) is 81.4 Å². The van der Waals surface area contributed by atoms with Gasteiger partial charge in [0.05, 0.1) is 30.1 Å². The van der Waals surface area contributed by atoms with Gasteiger partial charge in [0.2, 0.25) is 0 Å². The Hall–Kier alpha value is -3.08. The lowest BCUT2D eigenvalue weighted by Crippen LogP contribution is -2.57. The van der Waals surface area contributed by atoms with Crippen molar-refractivity contribution in [2.24, 2.45) is 11.3 Å². The minimum absolute atomic E-state index is 0.0294. The molecule has 4 aliphatic rings. The van der Waals surface area contributed by atoms with Crippen molar-refractivity contribution in [3.05, 3.63) is 35.9 Å². The Balaban J connectivity index is 1.21. The summed E-state index contributed by atoms with van der Waals surface area (Å²) in [5.74, 6) is 0.804. The van der Waals surface area contributed by atoms with Gasteiger partial charge >= 0.3 is 0 Å². The summed E-state index contributed by atoms with van der Waals surface area (Å²) in [6.45, 7) is 8.25. The van der Waals surface area contributed by atoms with Crippen LogP contribution in [0.25, 0.3) is 5.65 Å². The predicted molar refractivity (Wildman–Crippen MR) is 134 cm³/mol. The fraction of sp³-hybridized carbons (Fsp3) is 0.615. The van der Waals surface area contributed by atoms with Gasteiger partial charge in [-0.25, -0.2) is 18.3 Å². The SMILES string of the molecule is CC(C)(C)[C@H]1CC[C@H](n2cc(NC(=O)c3cnn4ccc(N5CC6CC(C5)O6)nc34)c(C(F)F)n2)CC1. The van der Waals surface area contributed by atoms with Crippen LogP contribution >= 0.6 is 0 Å². The van der Waals surface area contributed by atoms with Crippen LogP contribution < -0.4 is 10.2 Å². The molecule has 3 aromatic heterocycles. The van der Waals surface area contributed by atoms with E-state index >= 15 is 0 Å². The van der Waals surface area contributed by atoms with Crippen molar-refractivity contribution in [1.29, 1.82) is 0 Å². The van der Waals surface area contributed by atoms with Gasteiger partial charge in [-0.1, -0.05) is 20.8 Å². The number of morpholine rings is 1. The predicted octanol–water partition coefficient (Wildman–Crippen LogP) is 4.87. The number of fused-ring (bicyclic) bond motifs is 3. The molecular weight excluding hydrogens is 480 g/mol. The maximum atomic E-state index is 13.9. The topological polar surface area (TPSA) is 89.6 Å². The van der Waals surface area contributed by atoms with Gasteiger partial charge in [0, 0.05) is 31.9 Å². The molecule has 1 amide bonds. The number of ether oxygens (including phenoxy) is 1. The maximum Gasteiger partial charge on any atom is 0.284 e. The average molecular weight is 514 g/mol. The fourth-order valence-corrected chi connectivity index (χ4v) is 5.98.